The van der Waals surface area contributed by atoms with Crippen LogP contribution in [0.4, 0.5) is 26.3 Å². The number of alkyl halides is 6. The van der Waals surface area contributed by atoms with E-state index >= 15 is 0 Å². The third-order valence-electron chi connectivity index (χ3n) is 1.95. The third kappa shape index (κ3) is 2.21. The van der Waals surface area contributed by atoms with Gasteiger partial charge in [-0.2, -0.15) is 26.3 Å². The van der Waals surface area contributed by atoms with Crippen LogP contribution < -0.4 is 5.73 Å². The summed E-state index contributed by atoms with van der Waals surface area (Å²) in [5.74, 6) is -8.32. The zero-order chi connectivity index (χ0) is 14.4. The van der Waals surface area contributed by atoms with Crippen molar-refractivity contribution >= 4 is 11.9 Å². The zero-order valence-electron chi connectivity index (χ0n) is 8.26. The lowest BCUT2D eigenvalue weighted by Crippen LogP contribution is -2.58. The molecule has 2 N–H and O–H groups in total. The van der Waals surface area contributed by atoms with Gasteiger partial charge in [0.1, 0.15) is 0 Å². The van der Waals surface area contributed by atoms with Gasteiger partial charge in [-0.05, 0) is 0 Å². The summed E-state index contributed by atoms with van der Waals surface area (Å²) < 4.78 is 81.0. The molecule has 0 saturated carbocycles. The Hall–Kier alpha value is -1.52. The minimum absolute atomic E-state index is 1.15. The van der Waals surface area contributed by atoms with Crippen molar-refractivity contribution < 1.29 is 45.4 Å². The topological polar surface area (TPSA) is 78.6 Å². The summed E-state index contributed by atoms with van der Waals surface area (Å²) in [6.07, 6.45) is -15.6. The predicted octanol–water partition coefficient (Wildman–Crippen LogP) is 0.625. The highest BCUT2D eigenvalue weighted by atomic mass is 19.4. The fraction of sp³-hybridized carbons (Fsp3) is 0.714. The fourth-order valence-corrected chi connectivity index (χ4v) is 1.20. The number of ether oxygens (including phenoxy) is 2. The minimum atomic E-state index is -6.03. The maximum absolute atomic E-state index is 12.4. The standard InChI is InChI=1S/C7H5F6NO4/c8-6(9,10)5(7(11,12)13)17-2(1-3(14)15)4(16)18-5/h2H,1H2,(H2,14,15). The number of hydrogen-bond acceptors (Lipinski definition) is 4. The molecule has 1 amide bonds. The van der Waals surface area contributed by atoms with Gasteiger partial charge in [-0.1, -0.05) is 0 Å². The average Bonchev–Trinajstić information content (AvgIpc) is 2.41. The van der Waals surface area contributed by atoms with Crippen LogP contribution in [0.15, 0.2) is 0 Å². The number of cyclic esters (lactones) is 1. The third-order valence-corrected chi connectivity index (χ3v) is 1.95. The van der Waals surface area contributed by atoms with Crippen LogP contribution in [-0.4, -0.2) is 36.1 Å². The van der Waals surface area contributed by atoms with E-state index in [-0.39, 0.29) is 0 Å². The normalized spacial score (nSPS) is 23.9. The lowest BCUT2D eigenvalue weighted by atomic mass is 10.2. The zero-order valence-corrected chi connectivity index (χ0v) is 8.26. The Labute approximate surface area is 94.8 Å². The van der Waals surface area contributed by atoms with Gasteiger partial charge in [0.15, 0.2) is 6.10 Å². The molecule has 5 nitrogen and oxygen atoms in total. The molecule has 18 heavy (non-hydrogen) atoms. The molecule has 1 atom stereocenters. The number of nitrogens with two attached hydrogens (primary N) is 1. The van der Waals surface area contributed by atoms with Gasteiger partial charge in [0, 0.05) is 0 Å². The minimum Gasteiger partial charge on any atom is -0.414 e. The SMILES string of the molecule is NC(=O)CC1OC(C(F)(F)F)(C(F)(F)F)OC1=O. The fourth-order valence-electron chi connectivity index (χ4n) is 1.20. The molecule has 11 heteroatoms. The summed E-state index contributed by atoms with van der Waals surface area (Å²) in [5.41, 5.74) is 4.55. The molecular formula is C7H5F6NO4. The Morgan fingerprint density at radius 2 is 1.67 bits per heavy atom. The molecule has 0 aromatic heterocycles. The number of carbonyl (C=O) groups is 2. The molecule has 1 rings (SSSR count). The lowest BCUT2D eigenvalue weighted by Gasteiger charge is -2.30. The smallest absolute Gasteiger partial charge is 0.414 e. The molecule has 0 aromatic rings. The summed E-state index contributed by atoms with van der Waals surface area (Å²) in [4.78, 5) is 21.2. The summed E-state index contributed by atoms with van der Waals surface area (Å²) in [6.45, 7) is 0. The molecule has 0 bridgehead atoms. The van der Waals surface area contributed by atoms with Crippen LogP contribution in [0.3, 0.4) is 0 Å². The first-order valence-corrected chi connectivity index (χ1v) is 4.23. The Balaban J connectivity index is 3.12. The van der Waals surface area contributed by atoms with Gasteiger partial charge in [0.05, 0.1) is 6.42 Å². The predicted molar refractivity (Wildman–Crippen MR) is 39.6 cm³/mol. The molecule has 1 saturated heterocycles. The van der Waals surface area contributed by atoms with Crippen molar-refractivity contribution in [3.63, 3.8) is 0 Å². The summed E-state index contributed by atoms with van der Waals surface area (Å²) in [7, 11) is 0. The van der Waals surface area contributed by atoms with Crippen molar-refractivity contribution in [2.24, 2.45) is 5.73 Å². The van der Waals surface area contributed by atoms with Gasteiger partial charge in [-0.25, -0.2) is 4.79 Å². The lowest BCUT2D eigenvalue weighted by molar-refractivity contribution is -0.439. The summed E-state index contributed by atoms with van der Waals surface area (Å²) >= 11 is 0. The maximum atomic E-state index is 12.4. The number of carbonyl (C=O) groups excluding carboxylic acids is 2. The largest absolute Gasteiger partial charge is 0.465 e. The van der Waals surface area contributed by atoms with E-state index < -0.39 is 42.5 Å². The van der Waals surface area contributed by atoms with Crippen molar-refractivity contribution in [3.05, 3.63) is 0 Å². The molecule has 104 valence electrons. The van der Waals surface area contributed by atoms with Crippen LogP contribution in [-0.2, 0) is 19.1 Å². The van der Waals surface area contributed by atoms with Crippen LogP contribution in [0.1, 0.15) is 6.42 Å². The molecule has 1 aliphatic heterocycles. The van der Waals surface area contributed by atoms with Crippen molar-refractivity contribution in [2.75, 3.05) is 0 Å². The van der Waals surface area contributed by atoms with Gasteiger partial charge in [-0.15, -0.1) is 0 Å². The Bertz CT molecular complexity index is 361. The summed E-state index contributed by atoms with van der Waals surface area (Å²) in [6, 6.07) is 0. The Morgan fingerprint density at radius 3 is 1.94 bits per heavy atom. The van der Waals surface area contributed by atoms with E-state index in [4.69, 9.17) is 0 Å². The highest BCUT2D eigenvalue weighted by molar-refractivity contribution is 5.84. The van der Waals surface area contributed by atoms with E-state index in [0.717, 1.165) is 0 Å². The molecule has 0 spiro atoms. The van der Waals surface area contributed by atoms with Crippen molar-refractivity contribution in [3.8, 4) is 0 Å². The molecule has 1 fully saturated rings. The van der Waals surface area contributed by atoms with Crippen molar-refractivity contribution in [1.29, 1.82) is 0 Å². The highest BCUT2D eigenvalue weighted by Gasteiger charge is 2.80. The van der Waals surface area contributed by atoms with Crippen LogP contribution in [0.25, 0.3) is 0 Å². The average molecular weight is 281 g/mol. The number of amides is 1. The maximum Gasteiger partial charge on any atom is 0.465 e. The second-order valence-corrected chi connectivity index (χ2v) is 3.31. The van der Waals surface area contributed by atoms with E-state index in [1.54, 1.807) is 0 Å². The van der Waals surface area contributed by atoms with Crippen molar-refractivity contribution in [1.82, 2.24) is 0 Å². The molecule has 0 radical (unpaired) electrons. The van der Waals surface area contributed by atoms with E-state index in [1.807, 2.05) is 0 Å². The molecule has 1 unspecified atom stereocenters. The van der Waals surface area contributed by atoms with Crippen LogP contribution in [0, 0.1) is 0 Å². The molecular weight excluding hydrogens is 276 g/mol. The number of primary amides is 1. The molecule has 1 aliphatic rings. The van der Waals surface area contributed by atoms with Gasteiger partial charge < -0.3 is 15.2 Å². The van der Waals surface area contributed by atoms with Gasteiger partial charge in [0.2, 0.25) is 5.91 Å². The molecule has 0 aliphatic carbocycles. The first-order valence-electron chi connectivity index (χ1n) is 4.23. The van der Waals surface area contributed by atoms with Crippen LogP contribution >= 0.6 is 0 Å². The van der Waals surface area contributed by atoms with Crippen molar-refractivity contribution in [2.45, 2.75) is 30.7 Å². The highest BCUT2D eigenvalue weighted by Crippen LogP contribution is 2.50. The van der Waals surface area contributed by atoms with E-state index in [0.29, 0.717) is 0 Å². The van der Waals surface area contributed by atoms with Crippen LogP contribution in [0.5, 0.6) is 0 Å². The monoisotopic (exact) mass is 281 g/mol. The van der Waals surface area contributed by atoms with E-state index in [2.05, 4.69) is 15.2 Å². The first kappa shape index (κ1) is 14.5. The quantitative estimate of drug-likeness (QED) is 0.594. The number of esters is 1. The van der Waals surface area contributed by atoms with Gasteiger partial charge >= 0.3 is 24.1 Å². The number of halogens is 6. The van der Waals surface area contributed by atoms with E-state index in [1.165, 1.54) is 0 Å². The van der Waals surface area contributed by atoms with E-state index in [9.17, 15) is 35.9 Å². The Kier molecular flexibility index (Phi) is 3.23. The summed E-state index contributed by atoms with van der Waals surface area (Å²) in [5, 5.41) is 0. The van der Waals surface area contributed by atoms with Gasteiger partial charge in [0.25, 0.3) is 0 Å². The number of hydrogen-bond donors (Lipinski definition) is 1. The second-order valence-electron chi connectivity index (χ2n) is 3.31. The molecule has 1 heterocycles. The first-order chi connectivity index (χ1) is 7.91. The second kappa shape index (κ2) is 4.00. The number of rotatable bonds is 2. The van der Waals surface area contributed by atoms with Gasteiger partial charge in [-0.3, -0.25) is 4.79 Å². The van der Waals surface area contributed by atoms with Crippen LogP contribution in [0.2, 0.25) is 0 Å². The Morgan fingerprint density at radius 1 is 1.22 bits per heavy atom. The molecule has 0 aromatic carbocycles.